The van der Waals surface area contributed by atoms with E-state index in [0.717, 1.165) is 15.7 Å². The van der Waals surface area contributed by atoms with E-state index in [1.165, 1.54) is 6.20 Å². The molecule has 0 radical (unpaired) electrons. The summed E-state index contributed by atoms with van der Waals surface area (Å²) in [6, 6.07) is 15.2. The number of anilines is 3. The summed E-state index contributed by atoms with van der Waals surface area (Å²) in [5, 5.41) is 5.96. The third kappa shape index (κ3) is 3.97. The Kier molecular flexibility index (Phi) is 4.86. The van der Waals surface area contributed by atoms with Crippen molar-refractivity contribution in [2.75, 3.05) is 10.6 Å². The van der Waals surface area contributed by atoms with E-state index in [4.69, 9.17) is 0 Å². The number of rotatable bonds is 4. The van der Waals surface area contributed by atoms with E-state index in [1.54, 1.807) is 6.20 Å². The van der Waals surface area contributed by atoms with Crippen molar-refractivity contribution < 1.29 is 4.79 Å². The zero-order valence-electron chi connectivity index (χ0n) is 13.0. The van der Waals surface area contributed by atoms with Crippen molar-refractivity contribution in [2.45, 2.75) is 6.92 Å². The van der Waals surface area contributed by atoms with Crippen LogP contribution in [0.2, 0.25) is 0 Å². The zero-order chi connectivity index (χ0) is 16.9. The monoisotopic (exact) mass is 382 g/mol. The Morgan fingerprint density at radius 1 is 1.00 bits per heavy atom. The summed E-state index contributed by atoms with van der Waals surface area (Å²) >= 11 is 3.35. The highest BCUT2D eigenvalue weighted by molar-refractivity contribution is 9.10. The second-order valence-corrected chi connectivity index (χ2v) is 6.10. The van der Waals surface area contributed by atoms with E-state index in [-0.39, 0.29) is 11.6 Å². The number of carbonyl (C=O) groups excluding carboxylic acids is 1. The van der Waals surface area contributed by atoms with Crippen molar-refractivity contribution in [3.05, 3.63) is 76.7 Å². The van der Waals surface area contributed by atoms with Gasteiger partial charge in [-0.1, -0.05) is 34.1 Å². The van der Waals surface area contributed by atoms with Crippen molar-refractivity contribution >= 4 is 39.0 Å². The number of nitrogens with one attached hydrogen (secondary N) is 2. The first-order chi connectivity index (χ1) is 11.6. The van der Waals surface area contributed by atoms with Crippen molar-refractivity contribution in [3.8, 4) is 0 Å². The summed E-state index contributed by atoms with van der Waals surface area (Å²) in [5.41, 5.74) is 3.02. The van der Waals surface area contributed by atoms with Crippen LogP contribution in [0.25, 0.3) is 0 Å². The van der Waals surface area contributed by atoms with Crippen molar-refractivity contribution in [1.82, 2.24) is 9.97 Å². The lowest BCUT2D eigenvalue weighted by Crippen LogP contribution is -2.14. The normalized spacial score (nSPS) is 10.2. The molecule has 5 nitrogen and oxygen atoms in total. The lowest BCUT2D eigenvalue weighted by Gasteiger charge is -2.09. The fourth-order valence-corrected chi connectivity index (χ4v) is 2.35. The van der Waals surface area contributed by atoms with Crippen LogP contribution in [0.1, 0.15) is 16.1 Å². The predicted octanol–water partition coefficient (Wildman–Crippen LogP) is 4.54. The molecular weight excluding hydrogens is 368 g/mol. The molecule has 0 saturated carbocycles. The average Bonchev–Trinajstić information content (AvgIpc) is 2.59. The van der Waals surface area contributed by atoms with Crippen LogP contribution in [0.5, 0.6) is 0 Å². The van der Waals surface area contributed by atoms with Gasteiger partial charge in [-0.3, -0.25) is 4.79 Å². The van der Waals surface area contributed by atoms with E-state index in [1.807, 2.05) is 55.5 Å². The number of carbonyl (C=O) groups is 1. The number of hydrogen-bond acceptors (Lipinski definition) is 4. The molecule has 1 amide bonds. The van der Waals surface area contributed by atoms with Gasteiger partial charge in [0.2, 0.25) is 0 Å². The molecule has 3 aromatic rings. The van der Waals surface area contributed by atoms with Crippen molar-refractivity contribution in [3.63, 3.8) is 0 Å². The number of amides is 1. The maximum atomic E-state index is 12.2. The second kappa shape index (κ2) is 7.23. The van der Waals surface area contributed by atoms with Crippen LogP contribution < -0.4 is 10.6 Å². The minimum atomic E-state index is -0.299. The van der Waals surface area contributed by atoms with Gasteiger partial charge in [0.25, 0.3) is 5.91 Å². The number of halogens is 1. The first-order valence-corrected chi connectivity index (χ1v) is 8.13. The molecule has 2 N–H and O–H groups in total. The molecule has 0 spiro atoms. The van der Waals surface area contributed by atoms with Gasteiger partial charge in [0.15, 0.2) is 0 Å². The minimum absolute atomic E-state index is 0.258. The standard InChI is InChI=1S/C18H15BrN4O/c1-12-4-2-3-5-15(12)23-17-11-20-16(10-21-17)18(24)22-14-8-6-13(19)7-9-14/h2-11H,1H3,(H,21,23)(H,22,24). The van der Waals surface area contributed by atoms with Gasteiger partial charge < -0.3 is 10.6 Å². The maximum Gasteiger partial charge on any atom is 0.275 e. The lowest BCUT2D eigenvalue weighted by molar-refractivity contribution is 0.102. The Morgan fingerprint density at radius 3 is 2.42 bits per heavy atom. The number of nitrogens with zero attached hydrogens (tertiary/aromatic N) is 2. The predicted molar refractivity (Wildman–Crippen MR) is 98.6 cm³/mol. The molecule has 3 rings (SSSR count). The second-order valence-electron chi connectivity index (χ2n) is 5.19. The van der Waals surface area contributed by atoms with Gasteiger partial charge in [-0.05, 0) is 42.8 Å². The molecule has 1 aromatic heterocycles. The van der Waals surface area contributed by atoms with E-state index in [9.17, 15) is 4.79 Å². The Bertz CT molecular complexity index is 848. The molecule has 120 valence electrons. The molecule has 0 saturated heterocycles. The Labute approximate surface area is 148 Å². The van der Waals surface area contributed by atoms with Crippen LogP contribution >= 0.6 is 15.9 Å². The minimum Gasteiger partial charge on any atom is -0.339 e. The van der Waals surface area contributed by atoms with Gasteiger partial charge in [0.05, 0.1) is 12.4 Å². The Balaban J connectivity index is 1.68. The molecule has 2 aromatic carbocycles. The van der Waals surface area contributed by atoms with Crippen LogP contribution in [-0.2, 0) is 0 Å². The zero-order valence-corrected chi connectivity index (χ0v) is 14.5. The summed E-state index contributed by atoms with van der Waals surface area (Å²) in [7, 11) is 0. The van der Waals surface area contributed by atoms with Gasteiger partial charge in [-0.25, -0.2) is 9.97 Å². The average molecular weight is 383 g/mol. The van der Waals surface area contributed by atoms with E-state index in [0.29, 0.717) is 11.5 Å². The third-order valence-electron chi connectivity index (χ3n) is 3.39. The summed E-state index contributed by atoms with van der Waals surface area (Å²) in [4.78, 5) is 20.6. The molecule has 24 heavy (non-hydrogen) atoms. The van der Waals surface area contributed by atoms with Gasteiger partial charge in [-0.15, -0.1) is 0 Å². The summed E-state index contributed by atoms with van der Waals surface area (Å²) < 4.78 is 0.951. The molecule has 0 fully saturated rings. The highest BCUT2D eigenvalue weighted by Crippen LogP contribution is 2.18. The third-order valence-corrected chi connectivity index (χ3v) is 3.92. The van der Waals surface area contributed by atoms with Crippen LogP contribution in [0.3, 0.4) is 0 Å². The van der Waals surface area contributed by atoms with Crippen molar-refractivity contribution in [1.29, 1.82) is 0 Å². The number of aromatic nitrogens is 2. The fourth-order valence-electron chi connectivity index (χ4n) is 2.09. The topological polar surface area (TPSA) is 66.9 Å². The SMILES string of the molecule is Cc1ccccc1Nc1cnc(C(=O)Nc2ccc(Br)cc2)cn1. The summed E-state index contributed by atoms with van der Waals surface area (Å²) in [6.45, 7) is 2.01. The number of hydrogen-bond donors (Lipinski definition) is 2. The highest BCUT2D eigenvalue weighted by Gasteiger charge is 2.09. The summed E-state index contributed by atoms with van der Waals surface area (Å²) in [6.07, 6.45) is 3.00. The van der Waals surface area contributed by atoms with Crippen LogP contribution in [0.4, 0.5) is 17.2 Å². The van der Waals surface area contributed by atoms with Crippen LogP contribution in [0, 0.1) is 6.92 Å². The first-order valence-electron chi connectivity index (χ1n) is 7.33. The molecule has 0 atom stereocenters. The fraction of sp³-hybridized carbons (Fsp3) is 0.0556. The molecule has 0 unspecified atom stereocenters. The molecule has 0 bridgehead atoms. The lowest BCUT2D eigenvalue weighted by atomic mass is 10.2. The smallest absolute Gasteiger partial charge is 0.275 e. The van der Waals surface area contributed by atoms with Gasteiger partial charge in [-0.2, -0.15) is 0 Å². The van der Waals surface area contributed by atoms with Crippen LogP contribution in [0.15, 0.2) is 65.4 Å². The number of benzene rings is 2. The maximum absolute atomic E-state index is 12.2. The highest BCUT2D eigenvalue weighted by atomic mass is 79.9. The van der Waals surface area contributed by atoms with E-state index >= 15 is 0 Å². The molecule has 1 heterocycles. The van der Waals surface area contributed by atoms with E-state index in [2.05, 4.69) is 36.5 Å². The molecule has 0 aliphatic rings. The molecule has 6 heteroatoms. The largest absolute Gasteiger partial charge is 0.339 e. The van der Waals surface area contributed by atoms with Gasteiger partial charge in [0.1, 0.15) is 11.5 Å². The first kappa shape index (κ1) is 16.1. The molecule has 0 aliphatic heterocycles. The van der Waals surface area contributed by atoms with Crippen molar-refractivity contribution in [2.24, 2.45) is 0 Å². The van der Waals surface area contributed by atoms with Crippen LogP contribution in [-0.4, -0.2) is 15.9 Å². The van der Waals surface area contributed by atoms with Gasteiger partial charge >= 0.3 is 0 Å². The number of para-hydroxylation sites is 1. The number of aryl methyl sites for hydroxylation is 1. The Hall–Kier alpha value is -2.73. The summed E-state index contributed by atoms with van der Waals surface area (Å²) in [5.74, 6) is 0.289. The molecular formula is C18H15BrN4O. The Morgan fingerprint density at radius 2 is 1.75 bits per heavy atom. The van der Waals surface area contributed by atoms with Gasteiger partial charge in [0, 0.05) is 15.8 Å². The quantitative estimate of drug-likeness (QED) is 0.694. The molecule has 0 aliphatic carbocycles. The van der Waals surface area contributed by atoms with E-state index < -0.39 is 0 Å².